The Kier molecular flexibility index (Phi) is 8.71. The van der Waals surface area contributed by atoms with Crippen LogP contribution in [0.3, 0.4) is 0 Å². The number of hydrogen-bond donors (Lipinski definition) is 4. The highest BCUT2D eigenvalue weighted by Gasteiger charge is 2.20. The number of nitrogens with one attached hydrogen (secondary N) is 3. The largest absolute Gasteiger partial charge is 0.480 e. The molecule has 0 spiro atoms. The number of carboxylic acid groups (broad SMARTS) is 1. The third kappa shape index (κ3) is 6.62. The molecule has 1 unspecified atom stereocenters. The molecular weight excluding hydrogens is 518 g/mol. The lowest BCUT2D eigenvalue weighted by Gasteiger charge is -2.15. The third-order valence-electron chi connectivity index (χ3n) is 7.32. The second-order valence-corrected chi connectivity index (χ2v) is 10.1. The van der Waals surface area contributed by atoms with E-state index in [1.54, 1.807) is 12.1 Å². The Bertz CT molecular complexity index is 1660. The number of hydrogen-bond acceptors (Lipinski definition) is 6. The van der Waals surface area contributed by atoms with Gasteiger partial charge in [0.2, 0.25) is 0 Å². The van der Waals surface area contributed by atoms with Gasteiger partial charge in [-0.25, -0.2) is 14.8 Å². The Hall–Kier alpha value is -4.54. The molecule has 2 heterocycles. The zero-order valence-electron chi connectivity index (χ0n) is 23.3. The summed E-state index contributed by atoms with van der Waals surface area (Å²) in [4.78, 5) is 33.9. The normalized spacial score (nSPS) is 12.1. The quantitative estimate of drug-likeness (QED) is 0.164. The molecule has 4 N–H and O–H groups in total. The monoisotopic (exact) mass is 553 g/mol. The summed E-state index contributed by atoms with van der Waals surface area (Å²) >= 11 is 0. The van der Waals surface area contributed by atoms with Gasteiger partial charge in [-0.2, -0.15) is 0 Å². The summed E-state index contributed by atoms with van der Waals surface area (Å²) in [6.07, 6.45) is 0.915. The van der Waals surface area contributed by atoms with Crippen LogP contribution in [0.15, 0.2) is 72.8 Å². The van der Waals surface area contributed by atoms with Crippen LogP contribution < -0.4 is 16.0 Å². The van der Waals surface area contributed by atoms with Crippen molar-refractivity contribution in [1.82, 2.24) is 35.1 Å². The van der Waals surface area contributed by atoms with Crippen molar-refractivity contribution >= 4 is 33.9 Å². The van der Waals surface area contributed by atoms with E-state index in [1.165, 1.54) is 0 Å². The SMILES string of the molecule is Cn1c(CNCCCC(NC(=O)c2ccc(CNCc3nc4ccccc4n3C)cc2)C(=O)O)nc2ccccc21. The lowest BCUT2D eigenvalue weighted by molar-refractivity contribution is -0.139. The highest BCUT2D eigenvalue weighted by atomic mass is 16.4. The average molecular weight is 554 g/mol. The number of rotatable bonds is 13. The number of amides is 1. The van der Waals surface area contributed by atoms with E-state index in [-0.39, 0.29) is 0 Å². The molecule has 1 amide bonds. The van der Waals surface area contributed by atoms with Crippen molar-refractivity contribution in [3.63, 3.8) is 0 Å². The van der Waals surface area contributed by atoms with Gasteiger partial charge in [0.25, 0.3) is 5.91 Å². The maximum Gasteiger partial charge on any atom is 0.326 e. The van der Waals surface area contributed by atoms with Gasteiger partial charge in [-0.3, -0.25) is 4.79 Å². The second-order valence-electron chi connectivity index (χ2n) is 10.1. The summed E-state index contributed by atoms with van der Waals surface area (Å²) in [5, 5.41) is 19.0. The highest BCUT2D eigenvalue weighted by molar-refractivity contribution is 5.96. The van der Waals surface area contributed by atoms with E-state index in [1.807, 2.05) is 79.3 Å². The van der Waals surface area contributed by atoms with Crippen molar-refractivity contribution in [2.45, 2.75) is 38.5 Å². The van der Waals surface area contributed by atoms with Gasteiger partial charge in [0.15, 0.2) is 0 Å². The van der Waals surface area contributed by atoms with Crippen molar-refractivity contribution in [3.05, 3.63) is 95.6 Å². The number of carboxylic acids is 1. The fraction of sp³-hybridized carbons (Fsp3) is 0.290. The summed E-state index contributed by atoms with van der Waals surface area (Å²) in [6.45, 7) is 2.42. The van der Waals surface area contributed by atoms with Crippen molar-refractivity contribution in [2.75, 3.05) is 6.54 Å². The Morgan fingerprint density at radius 3 is 1.90 bits per heavy atom. The van der Waals surface area contributed by atoms with Crippen LogP contribution in [0.4, 0.5) is 0 Å². The highest BCUT2D eigenvalue weighted by Crippen LogP contribution is 2.15. The number of benzene rings is 3. The first-order valence-corrected chi connectivity index (χ1v) is 13.8. The van der Waals surface area contributed by atoms with Crippen LogP contribution in [0.25, 0.3) is 22.1 Å². The Balaban J connectivity index is 1.06. The third-order valence-corrected chi connectivity index (χ3v) is 7.32. The molecule has 212 valence electrons. The van der Waals surface area contributed by atoms with Crippen molar-refractivity contribution in [3.8, 4) is 0 Å². The van der Waals surface area contributed by atoms with Crippen LogP contribution >= 0.6 is 0 Å². The lowest BCUT2D eigenvalue weighted by atomic mass is 10.1. The molecule has 41 heavy (non-hydrogen) atoms. The van der Waals surface area contributed by atoms with Crippen molar-refractivity contribution in [2.24, 2.45) is 14.1 Å². The van der Waals surface area contributed by atoms with Crippen LogP contribution in [0.1, 0.15) is 40.4 Å². The molecule has 5 aromatic rings. The minimum atomic E-state index is -1.04. The summed E-state index contributed by atoms with van der Waals surface area (Å²) in [5.74, 6) is 0.418. The summed E-state index contributed by atoms with van der Waals surface area (Å²) in [6, 6.07) is 22.2. The standard InChI is InChI=1S/C31H35N7O3/c1-37-26-11-5-3-8-23(26)34-28(37)19-32-17-7-10-25(31(40)41)36-30(39)22-15-13-21(14-16-22)18-33-20-29-35-24-9-4-6-12-27(24)38(29)2/h3-6,8-9,11-16,25,32-33H,7,10,17-20H2,1-2H3,(H,36,39)(H,40,41). The minimum Gasteiger partial charge on any atom is -0.480 e. The predicted molar refractivity (Wildman–Crippen MR) is 158 cm³/mol. The molecular formula is C31H35N7O3. The number of nitrogens with zero attached hydrogens (tertiary/aromatic N) is 4. The number of aliphatic carboxylic acids is 1. The Morgan fingerprint density at radius 2 is 1.34 bits per heavy atom. The van der Waals surface area contributed by atoms with E-state index in [4.69, 9.17) is 0 Å². The first-order chi connectivity index (χ1) is 19.9. The minimum absolute atomic E-state index is 0.320. The molecule has 1 atom stereocenters. The molecule has 0 saturated carbocycles. The van der Waals surface area contributed by atoms with E-state index < -0.39 is 17.9 Å². The van der Waals surface area contributed by atoms with E-state index in [0.717, 1.165) is 39.3 Å². The molecule has 0 bridgehead atoms. The summed E-state index contributed by atoms with van der Waals surface area (Å²) in [7, 11) is 3.99. The predicted octanol–water partition coefficient (Wildman–Crippen LogP) is 3.50. The maximum absolute atomic E-state index is 12.8. The first-order valence-electron chi connectivity index (χ1n) is 13.8. The summed E-state index contributed by atoms with van der Waals surface area (Å²) < 4.78 is 4.12. The van der Waals surface area contributed by atoms with Gasteiger partial charge in [-0.1, -0.05) is 36.4 Å². The molecule has 0 aliphatic rings. The van der Waals surface area contributed by atoms with Crippen LogP contribution in [0.5, 0.6) is 0 Å². The number of carbonyl (C=O) groups is 2. The van der Waals surface area contributed by atoms with Crippen LogP contribution in [-0.4, -0.2) is 48.7 Å². The maximum atomic E-state index is 12.8. The first kappa shape index (κ1) is 28.0. The van der Waals surface area contributed by atoms with Crippen LogP contribution in [0.2, 0.25) is 0 Å². The van der Waals surface area contributed by atoms with Gasteiger partial charge >= 0.3 is 5.97 Å². The number of carbonyl (C=O) groups excluding carboxylic acids is 1. The molecule has 0 fully saturated rings. The molecule has 10 heteroatoms. The van der Waals surface area contributed by atoms with Gasteiger partial charge in [0, 0.05) is 26.2 Å². The number of imidazole rings is 2. The van der Waals surface area contributed by atoms with E-state index in [9.17, 15) is 14.7 Å². The molecule has 0 aliphatic heterocycles. The molecule has 2 aromatic heterocycles. The number of aromatic nitrogens is 4. The summed E-state index contributed by atoms with van der Waals surface area (Å²) in [5.41, 5.74) is 5.52. The van der Waals surface area contributed by atoms with Crippen LogP contribution in [0, 0.1) is 0 Å². The van der Waals surface area contributed by atoms with Gasteiger partial charge in [0.05, 0.1) is 35.2 Å². The molecule has 10 nitrogen and oxygen atoms in total. The smallest absolute Gasteiger partial charge is 0.326 e. The zero-order chi connectivity index (χ0) is 28.8. The van der Waals surface area contributed by atoms with Crippen molar-refractivity contribution < 1.29 is 14.7 Å². The number of aryl methyl sites for hydroxylation is 2. The lowest BCUT2D eigenvalue weighted by Crippen LogP contribution is -2.41. The van der Waals surface area contributed by atoms with E-state index in [2.05, 4.69) is 30.5 Å². The van der Waals surface area contributed by atoms with Crippen LogP contribution in [-0.2, 0) is 38.5 Å². The zero-order valence-corrected chi connectivity index (χ0v) is 23.3. The molecule has 0 saturated heterocycles. The molecule has 0 radical (unpaired) electrons. The van der Waals surface area contributed by atoms with Gasteiger partial charge in [0.1, 0.15) is 17.7 Å². The van der Waals surface area contributed by atoms with Crippen molar-refractivity contribution in [1.29, 1.82) is 0 Å². The van der Waals surface area contributed by atoms with Gasteiger partial charge in [-0.05, 0) is 61.3 Å². The Labute approximate surface area is 238 Å². The number of fused-ring (bicyclic) bond motifs is 2. The topological polar surface area (TPSA) is 126 Å². The number of para-hydroxylation sites is 4. The second kappa shape index (κ2) is 12.8. The molecule has 3 aromatic carbocycles. The van der Waals surface area contributed by atoms with Gasteiger partial charge < -0.3 is 30.2 Å². The van der Waals surface area contributed by atoms with Gasteiger partial charge in [-0.15, -0.1) is 0 Å². The van der Waals surface area contributed by atoms with E-state index in [0.29, 0.717) is 44.6 Å². The molecule has 5 rings (SSSR count). The van der Waals surface area contributed by atoms with E-state index >= 15 is 0 Å². The average Bonchev–Trinajstić information content (AvgIpc) is 3.48. The fourth-order valence-corrected chi connectivity index (χ4v) is 4.93. The Morgan fingerprint density at radius 1 is 0.780 bits per heavy atom. The molecule has 0 aliphatic carbocycles. The fourth-order valence-electron chi connectivity index (χ4n) is 4.93.